The number of halogens is 2. The molecule has 0 aliphatic carbocycles. The van der Waals surface area contributed by atoms with Crippen molar-refractivity contribution in [2.45, 2.75) is 19.8 Å². The first kappa shape index (κ1) is 19.9. The molecule has 29 heavy (non-hydrogen) atoms. The normalized spacial score (nSPS) is 12.0. The lowest BCUT2D eigenvalue weighted by Gasteiger charge is -2.04. The minimum atomic E-state index is -0.211. The number of unbranched alkanes of at least 4 members (excludes halogenated alkanes) is 1. The third-order valence-electron chi connectivity index (χ3n) is 4.30. The zero-order valence-electron chi connectivity index (χ0n) is 15.6. The third-order valence-corrected chi connectivity index (χ3v) is 5.81. The largest absolute Gasteiger partial charge is 0.494 e. The van der Waals surface area contributed by atoms with Gasteiger partial charge in [0.15, 0.2) is 5.82 Å². The van der Waals surface area contributed by atoms with Crippen molar-refractivity contribution in [3.63, 3.8) is 0 Å². The van der Waals surface area contributed by atoms with E-state index in [1.807, 2.05) is 30.3 Å². The highest BCUT2D eigenvalue weighted by Gasteiger charge is 2.14. The zero-order chi connectivity index (χ0) is 20.4. The van der Waals surface area contributed by atoms with Crippen LogP contribution in [0.25, 0.3) is 22.4 Å². The van der Waals surface area contributed by atoms with Crippen LogP contribution < -0.4 is 14.8 Å². The Hall–Kier alpha value is -2.41. The Bertz CT molecular complexity index is 1270. The van der Waals surface area contributed by atoms with E-state index in [2.05, 4.69) is 17.0 Å². The maximum absolute atomic E-state index is 12.7. The Morgan fingerprint density at radius 1 is 1.17 bits per heavy atom. The second kappa shape index (κ2) is 8.53. The first-order valence-electron chi connectivity index (χ1n) is 9.15. The number of hydrogen-bond acceptors (Lipinski definition) is 5. The Morgan fingerprint density at radius 3 is 2.66 bits per heavy atom. The monoisotopic (exact) mass is 445 g/mol. The summed E-state index contributed by atoms with van der Waals surface area (Å²) in [4.78, 5) is 17.7. The van der Waals surface area contributed by atoms with Crippen molar-refractivity contribution in [2.24, 2.45) is 0 Å². The molecule has 0 bridgehead atoms. The zero-order valence-corrected chi connectivity index (χ0v) is 17.9. The number of aromatic nitrogens is 3. The van der Waals surface area contributed by atoms with Gasteiger partial charge < -0.3 is 4.74 Å². The first-order chi connectivity index (χ1) is 14.0. The van der Waals surface area contributed by atoms with Gasteiger partial charge in [-0.3, -0.25) is 4.79 Å². The van der Waals surface area contributed by atoms with Crippen molar-refractivity contribution in [3.8, 4) is 17.1 Å². The SMILES string of the molecule is CCCCOc1ccc(/C=c2\sc3nc(-c4ccc(Cl)cc4Cl)nn3c2=O)cc1. The minimum Gasteiger partial charge on any atom is -0.494 e. The summed E-state index contributed by atoms with van der Waals surface area (Å²) in [5.41, 5.74) is 1.34. The molecule has 148 valence electrons. The van der Waals surface area contributed by atoms with Crippen molar-refractivity contribution in [3.05, 3.63) is 73.0 Å². The molecule has 0 saturated carbocycles. The molecule has 2 heterocycles. The molecule has 0 unspecified atom stereocenters. The minimum absolute atomic E-state index is 0.211. The summed E-state index contributed by atoms with van der Waals surface area (Å²) in [5, 5.41) is 5.30. The van der Waals surface area contributed by atoms with Crippen molar-refractivity contribution in [1.29, 1.82) is 0 Å². The van der Waals surface area contributed by atoms with Gasteiger partial charge in [-0.2, -0.15) is 9.50 Å². The van der Waals surface area contributed by atoms with Gasteiger partial charge in [-0.15, -0.1) is 5.10 Å². The summed E-state index contributed by atoms with van der Waals surface area (Å²) in [6.45, 7) is 2.83. The van der Waals surface area contributed by atoms with E-state index in [1.54, 1.807) is 18.2 Å². The second-order valence-electron chi connectivity index (χ2n) is 6.44. The lowest BCUT2D eigenvalue weighted by Crippen LogP contribution is -2.23. The molecule has 0 amide bonds. The second-order valence-corrected chi connectivity index (χ2v) is 8.29. The van der Waals surface area contributed by atoms with Crippen LogP contribution in [0.4, 0.5) is 0 Å². The molecule has 2 aromatic heterocycles. The van der Waals surface area contributed by atoms with Gasteiger partial charge in [-0.25, -0.2) is 0 Å². The Kier molecular flexibility index (Phi) is 5.85. The van der Waals surface area contributed by atoms with Crippen LogP contribution in [0.2, 0.25) is 10.0 Å². The van der Waals surface area contributed by atoms with Gasteiger partial charge in [0.25, 0.3) is 5.56 Å². The highest BCUT2D eigenvalue weighted by Crippen LogP contribution is 2.28. The van der Waals surface area contributed by atoms with Crippen LogP contribution in [0.1, 0.15) is 25.3 Å². The van der Waals surface area contributed by atoms with E-state index < -0.39 is 0 Å². The van der Waals surface area contributed by atoms with Crippen molar-refractivity contribution in [2.75, 3.05) is 6.61 Å². The van der Waals surface area contributed by atoms with E-state index in [1.165, 1.54) is 15.9 Å². The summed E-state index contributed by atoms with van der Waals surface area (Å²) in [6, 6.07) is 12.7. The Balaban J connectivity index is 1.63. The van der Waals surface area contributed by atoms with Crippen molar-refractivity contribution < 1.29 is 4.74 Å². The molecule has 5 nitrogen and oxygen atoms in total. The van der Waals surface area contributed by atoms with Crippen LogP contribution in [0.3, 0.4) is 0 Å². The van der Waals surface area contributed by atoms with Crippen LogP contribution >= 0.6 is 34.5 Å². The van der Waals surface area contributed by atoms with Crippen LogP contribution in [-0.4, -0.2) is 21.2 Å². The topological polar surface area (TPSA) is 56.5 Å². The van der Waals surface area contributed by atoms with Gasteiger partial charge in [-0.1, -0.05) is 60.0 Å². The summed E-state index contributed by atoms with van der Waals surface area (Å²) in [6.07, 6.45) is 3.95. The molecule has 0 radical (unpaired) electrons. The smallest absolute Gasteiger partial charge is 0.291 e. The Morgan fingerprint density at radius 2 is 1.97 bits per heavy atom. The summed E-state index contributed by atoms with van der Waals surface area (Å²) in [7, 11) is 0. The van der Waals surface area contributed by atoms with Gasteiger partial charge >= 0.3 is 0 Å². The summed E-state index contributed by atoms with van der Waals surface area (Å²) >= 11 is 13.4. The average Bonchev–Trinajstić information content (AvgIpc) is 3.23. The van der Waals surface area contributed by atoms with Gasteiger partial charge in [0.2, 0.25) is 4.96 Å². The highest BCUT2D eigenvalue weighted by molar-refractivity contribution is 7.15. The average molecular weight is 446 g/mol. The predicted octanol–water partition coefficient (Wildman–Crippen LogP) is 4.85. The van der Waals surface area contributed by atoms with Crippen molar-refractivity contribution >= 4 is 45.6 Å². The molecule has 4 aromatic rings. The third kappa shape index (κ3) is 4.29. The maximum Gasteiger partial charge on any atom is 0.291 e. The molecule has 2 aromatic carbocycles. The Labute approximate surface area is 181 Å². The van der Waals surface area contributed by atoms with Crippen LogP contribution in [0, 0.1) is 0 Å². The number of fused-ring (bicyclic) bond motifs is 1. The predicted molar refractivity (Wildman–Crippen MR) is 118 cm³/mol. The summed E-state index contributed by atoms with van der Waals surface area (Å²) in [5.74, 6) is 1.22. The van der Waals surface area contributed by atoms with E-state index in [-0.39, 0.29) is 5.56 Å². The molecule has 0 spiro atoms. The van der Waals surface area contributed by atoms with Crippen LogP contribution in [-0.2, 0) is 0 Å². The highest BCUT2D eigenvalue weighted by atomic mass is 35.5. The number of thiazole rings is 1. The van der Waals surface area contributed by atoms with E-state index in [0.29, 0.717) is 37.5 Å². The number of benzene rings is 2. The first-order valence-corrected chi connectivity index (χ1v) is 10.7. The lowest BCUT2D eigenvalue weighted by molar-refractivity contribution is 0.309. The van der Waals surface area contributed by atoms with Crippen LogP contribution in [0.5, 0.6) is 5.75 Å². The lowest BCUT2D eigenvalue weighted by atomic mass is 10.2. The van der Waals surface area contributed by atoms with Crippen LogP contribution in [0.15, 0.2) is 47.3 Å². The molecule has 0 aliphatic rings. The quantitative estimate of drug-likeness (QED) is 0.398. The van der Waals surface area contributed by atoms with Gasteiger partial charge in [0.05, 0.1) is 16.2 Å². The van der Waals surface area contributed by atoms with E-state index in [4.69, 9.17) is 27.9 Å². The molecular weight excluding hydrogens is 429 g/mol. The molecule has 0 aliphatic heterocycles. The molecular formula is C21H17Cl2N3O2S. The standard InChI is InChI=1S/C21H17Cl2N3O2S/c1-2-3-10-28-15-7-4-13(5-8-15)11-18-20(27)26-21(29-18)24-19(25-26)16-9-6-14(22)12-17(16)23/h4-9,11-12H,2-3,10H2,1H3/b18-11-. The molecule has 8 heteroatoms. The number of rotatable bonds is 6. The molecule has 0 N–H and O–H groups in total. The van der Waals surface area contributed by atoms with E-state index in [0.717, 1.165) is 24.2 Å². The summed E-state index contributed by atoms with van der Waals surface area (Å²) < 4.78 is 7.53. The van der Waals surface area contributed by atoms with Crippen molar-refractivity contribution in [1.82, 2.24) is 14.6 Å². The molecule has 0 atom stereocenters. The maximum atomic E-state index is 12.7. The van der Waals surface area contributed by atoms with E-state index >= 15 is 0 Å². The molecule has 0 saturated heterocycles. The molecule has 0 fully saturated rings. The van der Waals surface area contributed by atoms with E-state index in [9.17, 15) is 4.79 Å². The number of nitrogens with zero attached hydrogens (tertiary/aromatic N) is 3. The van der Waals surface area contributed by atoms with Gasteiger partial charge in [-0.05, 0) is 48.4 Å². The molecule has 4 rings (SSSR count). The van der Waals surface area contributed by atoms with Gasteiger partial charge in [0, 0.05) is 10.6 Å². The number of hydrogen-bond donors (Lipinski definition) is 0. The van der Waals surface area contributed by atoms with Gasteiger partial charge in [0.1, 0.15) is 5.75 Å². The fourth-order valence-corrected chi connectivity index (χ4v) is 4.17. The number of ether oxygens (including phenoxy) is 1. The fraction of sp³-hybridized carbons (Fsp3) is 0.190. The fourth-order valence-electron chi connectivity index (χ4n) is 2.76.